The van der Waals surface area contributed by atoms with E-state index in [1.165, 1.54) is 32.5 Å². The Morgan fingerprint density at radius 3 is 2.57 bits per heavy atom. The van der Waals surface area contributed by atoms with Gasteiger partial charge in [-0.15, -0.1) is 0 Å². The molecule has 0 atom stereocenters. The summed E-state index contributed by atoms with van der Waals surface area (Å²) in [5.41, 5.74) is 5.95. The fourth-order valence-electron chi connectivity index (χ4n) is 1.71. The van der Waals surface area contributed by atoms with Crippen LogP contribution >= 0.6 is 0 Å². The van der Waals surface area contributed by atoms with Gasteiger partial charge >= 0.3 is 0 Å². The van der Waals surface area contributed by atoms with Gasteiger partial charge in [0.25, 0.3) is 10.0 Å². The molecule has 0 saturated heterocycles. The number of rotatable bonds is 5. The Hall–Kier alpha value is -2.48. The molecule has 112 valence electrons. The maximum absolute atomic E-state index is 12.3. The molecule has 0 radical (unpaired) electrons. The molecule has 0 aliphatic carbocycles. The monoisotopic (exact) mass is 309 g/mol. The van der Waals surface area contributed by atoms with E-state index in [-0.39, 0.29) is 16.4 Å². The smallest absolute Gasteiger partial charge is 0.281 e. The van der Waals surface area contributed by atoms with Crippen molar-refractivity contribution in [2.75, 3.05) is 24.7 Å². The molecule has 0 spiro atoms. The van der Waals surface area contributed by atoms with E-state index in [2.05, 4.69) is 9.71 Å². The Bertz CT molecular complexity index is 747. The summed E-state index contributed by atoms with van der Waals surface area (Å²) >= 11 is 0. The number of nitrogens with two attached hydrogens (primary N) is 1. The van der Waals surface area contributed by atoms with Gasteiger partial charge in [-0.2, -0.15) is 8.42 Å². The summed E-state index contributed by atoms with van der Waals surface area (Å²) in [6.45, 7) is 0. The zero-order chi connectivity index (χ0) is 15.5. The first-order valence-electron chi connectivity index (χ1n) is 5.93. The first-order chi connectivity index (χ1) is 9.97. The summed E-state index contributed by atoms with van der Waals surface area (Å²) in [5.74, 6) is 0.844. The van der Waals surface area contributed by atoms with Gasteiger partial charge in [0.15, 0.2) is 5.03 Å². The van der Waals surface area contributed by atoms with Crippen LogP contribution < -0.4 is 19.9 Å². The van der Waals surface area contributed by atoms with Crippen molar-refractivity contribution >= 4 is 21.4 Å². The van der Waals surface area contributed by atoms with Gasteiger partial charge in [0.2, 0.25) is 0 Å². The number of anilines is 2. The molecule has 0 saturated carbocycles. The van der Waals surface area contributed by atoms with Gasteiger partial charge in [0.05, 0.1) is 25.6 Å². The lowest BCUT2D eigenvalue weighted by molar-refractivity contribution is 0.405. The topological polar surface area (TPSA) is 104 Å². The van der Waals surface area contributed by atoms with Crippen LogP contribution in [-0.2, 0) is 10.0 Å². The number of nitrogens with one attached hydrogen (secondary N) is 1. The fourth-order valence-corrected chi connectivity index (χ4v) is 2.84. The molecule has 0 bridgehead atoms. The van der Waals surface area contributed by atoms with Gasteiger partial charge in [-0.1, -0.05) is 0 Å². The molecule has 0 amide bonds. The normalized spacial score (nSPS) is 11.0. The largest absolute Gasteiger partial charge is 0.497 e. The van der Waals surface area contributed by atoms with Crippen molar-refractivity contribution in [2.45, 2.75) is 5.03 Å². The predicted octanol–water partition coefficient (Wildman–Crippen LogP) is 1.48. The van der Waals surface area contributed by atoms with E-state index in [1.54, 1.807) is 18.2 Å². The van der Waals surface area contributed by atoms with E-state index < -0.39 is 10.0 Å². The van der Waals surface area contributed by atoms with Crippen LogP contribution in [0.15, 0.2) is 41.6 Å². The Balaban J connectivity index is 2.43. The summed E-state index contributed by atoms with van der Waals surface area (Å²) < 4.78 is 37.3. The van der Waals surface area contributed by atoms with E-state index in [0.717, 1.165) is 0 Å². The number of nitrogen functional groups attached to an aromatic ring is 1. The molecule has 1 aromatic carbocycles. The number of sulfonamides is 1. The zero-order valence-electron chi connectivity index (χ0n) is 11.5. The molecule has 1 aromatic heterocycles. The van der Waals surface area contributed by atoms with Crippen LogP contribution in [-0.4, -0.2) is 27.6 Å². The first kappa shape index (κ1) is 14.9. The van der Waals surface area contributed by atoms with Crippen LogP contribution in [0.3, 0.4) is 0 Å². The maximum atomic E-state index is 12.3. The third kappa shape index (κ3) is 3.16. The zero-order valence-corrected chi connectivity index (χ0v) is 12.3. The van der Waals surface area contributed by atoms with Gasteiger partial charge in [0.1, 0.15) is 11.5 Å². The van der Waals surface area contributed by atoms with Gasteiger partial charge in [-0.3, -0.25) is 4.72 Å². The quantitative estimate of drug-likeness (QED) is 0.867. The maximum Gasteiger partial charge on any atom is 0.281 e. The molecule has 7 nitrogen and oxygen atoms in total. The Morgan fingerprint density at radius 1 is 1.19 bits per heavy atom. The summed E-state index contributed by atoms with van der Waals surface area (Å²) in [6, 6.07) is 7.78. The summed E-state index contributed by atoms with van der Waals surface area (Å²) in [7, 11) is -1.00. The van der Waals surface area contributed by atoms with E-state index >= 15 is 0 Å². The average molecular weight is 309 g/mol. The molecule has 2 rings (SSSR count). The standard InChI is InChI=1S/C13H15N3O4S/c1-19-9-5-6-12(20-2)11(8-9)16-21(17,18)13-10(14)4-3-7-15-13/h3-8,16H,14H2,1-2H3. The van der Waals surface area contributed by atoms with Gasteiger partial charge in [-0.05, 0) is 24.3 Å². The summed E-state index contributed by atoms with van der Waals surface area (Å²) in [5, 5.41) is -0.241. The number of nitrogens with zero attached hydrogens (tertiary/aromatic N) is 1. The second-order valence-electron chi connectivity index (χ2n) is 4.07. The molecule has 0 aliphatic heterocycles. The second-order valence-corrected chi connectivity index (χ2v) is 5.67. The molecule has 2 aromatic rings. The second kappa shape index (κ2) is 5.88. The molecule has 3 N–H and O–H groups in total. The van der Waals surface area contributed by atoms with E-state index in [1.807, 2.05) is 0 Å². The van der Waals surface area contributed by atoms with Crippen molar-refractivity contribution in [3.8, 4) is 11.5 Å². The lowest BCUT2D eigenvalue weighted by atomic mass is 10.3. The molecule has 0 unspecified atom stereocenters. The van der Waals surface area contributed by atoms with Gasteiger partial charge in [0, 0.05) is 12.3 Å². The predicted molar refractivity (Wildman–Crippen MR) is 79.0 cm³/mol. The first-order valence-corrected chi connectivity index (χ1v) is 7.41. The number of ether oxygens (including phenoxy) is 2. The number of hydrogen-bond donors (Lipinski definition) is 2. The van der Waals surface area contributed by atoms with Crippen molar-refractivity contribution in [1.29, 1.82) is 0 Å². The Labute approximate surface area is 122 Å². The third-order valence-electron chi connectivity index (χ3n) is 2.71. The molecule has 1 heterocycles. The van der Waals surface area contributed by atoms with Crippen LogP contribution in [0.5, 0.6) is 11.5 Å². The molecule has 21 heavy (non-hydrogen) atoms. The van der Waals surface area contributed by atoms with Crippen molar-refractivity contribution < 1.29 is 17.9 Å². The van der Waals surface area contributed by atoms with Crippen LogP contribution in [0.2, 0.25) is 0 Å². The van der Waals surface area contributed by atoms with Crippen LogP contribution in [0, 0.1) is 0 Å². The van der Waals surface area contributed by atoms with E-state index in [0.29, 0.717) is 11.5 Å². The minimum Gasteiger partial charge on any atom is -0.497 e. The molecular weight excluding hydrogens is 294 g/mol. The Kier molecular flexibility index (Phi) is 4.18. The minimum atomic E-state index is -3.92. The number of hydrogen-bond acceptors (Lipinski definition) is 6. The van der Waals surface area contributed by atoms with Crippen LogP contribution in [0.25, 0.3) is 0 Å². The lowest BCUT2D eigenvalue weighted by Gasteiger charge is -2.13. The lowest BCUT2D eigenvalue weighted by Crippen LogP contribution is -2.16. The molecular formula is C13H15N3O4S. The van der Waals surface area contributed by atoms with E-state index in [4.69, 9.17) is 15.2 Å². The summed E-state index contributed by atoms with van der Waals surface area (Å²) in [6.07, 6.45) is 1.35. The van der Waals surface area contributed by atoms with Crippen molar-refractivity contribution in [3.05, 3.63) is 36.5 Å². The number of benzene rings is 1. The van der Waals surface area contributed by atoms with Crippen molar-refractivity contribution in [2.24, 2.45) is 0 Å². The number of pyridine rings is 1. The Morgan fingerprint density at radius 2 is 1.95 bits per heavy atom. The fraction of sp³-hybridized carbons (Fsp3) is 0.154. The van der Waals surface area contributed by atoms with Crippen LogP contribution in [0.1, 0.15) is 0 Å². The highest BCUT2D eigenvalue weighted by Gasteiger charge is 2.21. The van der Waals surface area contributed by atoms with Gasteiger partial charge < -0.3 is 15.2 Å². The van der Waals surface area contributed by atoms with Crippen molar-refractivity contribution in [1.82, 2.24) is 4.98 Å². The molecule has 0 fully saturated rings. The average Bonchev–Trinajstić information content (AvgIpc) is 2.47. The third-order valence-corrected chi connectivity index (χ3v) is 4.04. The van der Waals surface area contributed by atoms with Gasteiger partial charge in [-0.25, -0.2) is 4.98 Å². The SMILES string of the molecule is COc1ccc(OC)c(NS(=O)(=O)c2ncccc2N)c1. The highest BCUT2D eigenvalue weighted by atomic mass is 32.2. The number of aromatic nitrogens is 1. The minimum absolute atomic E-state index is 0.0619. The molecule has 0 aliphatic rings. The summed E-state index contributed by atoms with van der Waals surface area (Å²) in [4.78, 5) is 3.80. The molecule has 8 heteroatoms. The van der Waals surface area contributed by atoms with E-state index in [9.17, 15) is 8.42 Å². The van der Waals surface area contributed by atoms with Crippen LogP contribution in [0.4, 0.5) is 11.4 Å². The highest BCUT2D eigenvalue weighted by Crippen LogP contribution is 2.31. The highest BCUT2D eigenvalue weighted by molar-refractivity contribution is 7.92. The number of methoxy groups -OCH3 is 2. The van der Waals surface area contributed by atoms with Crippen molar-refractivity contribution in [3.63, 3.8) is 0 Å².